The minimum absolute atomic E-state index is 0.0960. The van der Waals surface area contributed by atoms with E-state index in [1.807, 2.05) is 0 Å². The third-order valence-electron chi connectivity index (χ3n) is 4.31. The molecule has 1 saturated heterocycles. The molecule has 1 aliphatic heterocycles. The van der Waals surface area contributed by atoms with Crippen molar-refractivity contribution in [2.75, 3.05) is 25.9 Å². The molecule has 1 aliphatic rings. The first kappa shape index (κ1) is 23.9. The zero-order valence-corrected chi connectivity index (χ0v) is 16.6. The van der Waals surface area contributed by atoms with Crippen LogP contribution in [0.2, 0.25) is 0 Å². The lowest BCUT2D eigenvalue weighted by Crippen LogP contribution is -2.43. The van der Waals surface area contributed by atoms with Crippen molar-refractivity contribution >= 4 is 20.0 Å². The van der Waals surface area contributed by atoms with Crippen LogP contribution in [0, 0.1) is 5.92 Å². The van der Waals surface area contributed by atoms with Crippen molar-refractivity contribution < 1.29 is 43.2 Å². The van der Waals surface area contributed by atoms with Gasteiger partial charge in [-0.25, -0.2) is 21.6 Å². The summed E-state index contributed by atoms with van der Waals surface area (Å²) in [4.78, 5) is -1.11. The van der Waals surface area contributed by atoms with Gasteiger partial charge in [0.05, 0.1) is 22.3 Å². The maximum absolute atomic E-state index is 13.0. The van der Waals surface area contributed by atoms with Gasteiger partial charge in [0.25, 0.3) is 0 Å². The molecular formula is C15H18F6N2O4S2. The predicted octanol–water partition coefficient (Wildman–Crippen LogP) is 2.67. The smallest absolute Gasteiger partial charge is 0.215 e. The first-order chi connectivity index (χ1) is 13.0. The van der Waals surface area contributed by atoms with E-state index >= 15 is 0 Å². The number of halogens is 6. The summed E-state index contributed by atoms with van der Waals surface area (Å²) in [6.07, 6.45) is -8.71. The summed E-state index contributed by atoms with van der Waals surface area (Å²) in [6.45, 7) is -0.432. The Kier molecular flexibility index (Phi) is 6.62. The van der Waals surface area contributed by atoms with Crippen molar-refractivity contribution in [2.24, 2.45) is 5.92 Å². The van der Waals surface area contributed by atoms with Gasteiger partial charge in [0.1, 0.15) is 0 Å². The van der Waals surface area contributed by atoms with Crippen LogP contribution in [-0.2, 0) is 32.4 Å². The van der Waals surface area contributed by atoms with Crippen LogP contribution in [0.25, 0.3) is 0 Å². The molecule has 0 spiro atoms. The molecular weight excluding hydrogens is 450 g/mol. The maximum atomic E-state index is 13.0. The van der Waals surface area contributed by atoms with Crippen molar-refractivity contribution in [3.05, 3.63) is 29.3 Å². The monoisotopic (exact) mass is 468 g/mol. The van der Waals surface area contributed by atoms with Gasteiger partial charge in [-0.1, -0.05) is 0 Å². The highest BCUT2D eigenvalue weighted by Crippen LogP contribution is 2.38. The normalized spacial score (nSPS) is 20.0. The highest BCUT2D eigenvalue weighted by molar-refractivity contribution is 7.89. The average molecular weight is 468 g/mol. The molecule has 14 heteroatoms. The van der Waals surface area contributed by atoms with Gasteiger partial charge >= 0.3 is 12.4 Å². The Bertz CT molecular complexity index is 926. The van der Waals surface area contributed by atoms with Crippen molar-refractivity contribution in [3.63, 3.8) is 0 Å². The lowest BCUT2D eigenvalue weighted by molar-refractivity contribution is -0.143. The molecule has 0 aliphatic carbocycles. The van der Waals surface area contributed by atoms with E-state index in [0.717, 1.165) is 10.6 Å². The summed E-state index contributed by atoms with van der Waals surface area (Å²) >= 11 is 0. The van der Waals surface area contributed by atoms with Crippen LogP contribution >= 0.6 is 0 Å². The van der Waals surface area contributed by atoms with Gasteiger partial charge in [0.2, 0.25) is 20.0 Å². The number of hydrogen-bond acceptors (Lipinski definition) is 4. The van der Waals surface area contributed by atoms with Crippen LogP contribution in [0.15, 0.2) is 23.1 Å². The molecule has 1 aromatic rings. The number of rotatable bonds is 5. The van der Waals surface area contributed by atoms with Crippen LogP contribution < -0.4 is 4.72 Å². The Balaban J connectivity index is 2.39. The van der Waals surface area contributed by atoms with E-state index in [9.17, 15) is 43.2 Å². The van der Waals surface area contributed by atoms with Gasteiger partial charge in [-0.3, -0.25) is 0 Å². The van der Waals surface area contributed by atoms with Crippen LogP contribution in [0.3, 0.4) is 0 Å². The molecule has 6 nitrogen and oxygen atoms in total. The number of alkyl halides is 6. The Labute approximate surface area is 164 Å². The SMILES string of the molecule is CS(=O)(=O)NCC1CCCN(S(=O)(=O)c2cc(C(F)(F)F)cc(C(F)(F)F)c2)C1. The molecule has 0 radical (unpaired) electrons. The standard InChI is InChI=1S/C15H18F6N2O4S2/c1-28(24,25)22-8-10-3-2-4-23(9-10)29(26,27)13-6-11(14(16,17)18)5-12(7-13)15(19,20)21/h5-7,10,22H,2-4,8-9H2,1H3. The van der Waals surface area contributed by atoms with E-state index in [2.05, 4.69) is 4.72 Å². The largest absolute Gasteiger partial charge is 0.416 e. The molecule has 0 aromatic heterocycles. The van der Waals surface area contributed by atoms with Crippen molar-refractivity contribution in [2.45, 2.75) is 30.1 Å². The molecule has 1 aromatic carbocycles. The van der Waals surface area contributed by atoms with E-state index in [1.54, 1.807) is 0 Å². The van der Waals surface area contributed by atoms with E-state index in [-0.39, 0.29) is 44.3 Å². The number of sulfonamides is 2. The lowest BCUT2D eigenvalue weighted by Gasteiger charge is -2.32. The number of benzene rings is 1. The summed E-state index contributed by atoms with van der Waals surface area (Å²) in [5, 5.41) is 0. The second-order valence-electron chi connectivity index (χ2n) is 6.73. The molecule has 0 bridgehead atoms. The molecule has 0 amide bonds. The summed E-state index contributed by atoms with van der Waals surface area (Å²) < 4.78 is 129. The predicted molar refractivity (Wildman–Crippen MR) is 90.8 cm³/mol. The second kappa shape index (κ2) is 8.04. The molecule has 1 unspecified atom stereocenters. The van der Waals surface area contributed by atoms with E-state index in [1.165, 1.54) is 0 Å². The van der Waals surface area contributed by atoms with Gasteiger partial charge in [0.15, 0.2) is 0 Å². The van der Waals surface area contributed by atoms with Gasteiger partial charge in [-0.2, -0.15) is 30.6 Å². The third-order valence-corrected chi connectivity index (χ3v) is 6.85. The van der Waals surface area contributed by atoms with Crippen molar-refractivity contribution in [1.29, 1.82) is 0 Å². The summed E-state index contributed by atoms with van der Waals surface area (Å²) in [5.41, 5.74) is -3.45. The van der Waals surface area contributed by atoms with E-state index < -0.39 is 54.3 Å². The Hall–Kier alpha value is -1.38. The molecule has 29 heavy (non-hydrogen) atoms. The van der Waals surface area contributed by atoms with Crippen LogP contribution in [-0.4, -0.2) is 47.0 Å². The number of piperidine rings is 1. The fourth-order valence-corrected chi connectivity index (χ4v) is 5.07. The molecule has 1 heterocycles. The van der Waals surface area contributed by atoms with Gasteiger partial charge < -0.3 is 0 Å². The summed E-state index contributed by atoms with van der Waals surface area (Å²) in [5.74, 6) is -0.471. The average Bonchev–Trinajstić information content (AvgIpc) is 2.57. The zero-order valence-electron chi connectivity index (χ0n) is 15.0. The number of nitrogens with one attached hydrogen (secondary N) is 1. The van der Waals surface area contributed by atoms with E-state index in [0.29, 0.717) is 6.42 Å². The van der Waals surface area contributed by atoms with Gasteiger partial charge in [0, 0.05) is 19.6 Å². The van der Waals surface area contributed by atoms with Crippen LogP contribution in [0.4, 0.5) is 26.3 Å². The fourth-order valence-electron chi connectivity index (χ4n) is 2.91. The summed E-state index contributed by atoms with van der Waals surface area (Å²) in [7, 11) is -8.20. The lowest BCUT2D eigenvalue weighted by atomic mass is 10.0. The van der Waals surface area contributed by atoms with Crippen LogP contribution in [0.1, 0.15) is 24.0 Å². The molecule has 166 valence electrons. The Morgan fingerprint density at radius 1 is 1.00 bits per heavy atom. The highest BCUT2D eigenvalue weighted by Gasteiger charge is 2.39. The molecule has 1 N–H and O–H groups in total. The second-order valence-corrected chi connectivity index (χ2v) is 10.5. The van der Waals surface area contributed by atoms with Crippen molar-refractivity contribution in [3.8, 4) is 0 Å². The molecule has 2 rings (SSSR count). The summed E-state index contributed by atoms with van der Waals surface area (Å²) in [6, 6.07) is 0.194. The Morgan fingerprint density at radius 2 is 1.52 bits per heavy atom. The van der Waals surface area contributed by atoms with Crippen LogP contribution in [0.5, 0.6) is 0 Å². The zero-order chi connectivity index (χ0) is 22.3. The first-order valence-corrected chi connectivity index (χ1v) is 11.6. The molecule has 1 fully saturated rings. The fraction of sp³-hybridized carbons (Fsp3) is 0.600. The minimum atomic E-state index is -5.17. The molecule has 1 atom stereocenters. The Morgan fingerprint density at radius 3 is 1.97 bits per heavy atom. The highest BCUT2D eigenvalue weighted by atomic mass is 32.2. The maximum Gasteiger partial charge on any atom is 0.416 e. The van der Waals surface area contributed by atoms with Crippen molar-refractivity contribution in [1.82, 2.24) is 9.03 Å². The topological polar surface area (TPSA) is 83.6 Å². The van der Waals surface area contributed by atoms with Gasteiger partial charge in [-0.05, 0) is 37.0 Å². The van der Waals surface area contributed by atoms with E-state index in [4.69, 9.17) is 0 Å². The van der Waals surface area contributed by atoms with Gasteiger partial charge in [-0.15, -0.1) is 0 Å². The molecule has 0 saturated carbocycles. The quantitative estimate of drug-likeness (QED) is 0.674. The first-order valence-electron chi connectivity index (χ1n) is 8.24. The third kappa shape index (κ3) is 6.30. The number of hydrogen-bond donors (Lipinski definition) is 1. The number of nitrogens with zero attached hydrogens (tertiary/aromatic N) is 1. The minimum Gasteiger partial charge on any atom is -0.215 e.